The minimum atomic E-state index is -0.399. The minimum absolute atomic E-state index is 0.399. The smallest absolute Gasteiger partial charge is 0.152 e. The maximum absolute atomic E-state index is 8.97. The Hall–Kier alpha value is 0.0900. The summed E-state index contributed by atoms with van der Waals surface area (Å²) in [4.78, 5) is 8.97. The monoisotopic (exact) mass is 456 g/mol. The molecule has 0 aliphatic carbocycles. The normalized spacial score (nSPS) is 15.3. The lowest BCUT2D eigenvalue weighted by molar-refractivity contribution is 0.287. The predicted molar refractivity (Wildman–Crippen MR) is 142 cm³/mol. The predicted octanol–water partition coefficient (Wildman–Crippen LogP) is 10.0. The summed E-state index contributed by atoms with van der Waals surface area (Å²) < 4.78 is 5.20. The minimum Gasteiger partial charge on any atom is -0.352 e. The van der Waals surface area contributed by atoms with E-state index in [0.29, 0.717) is 12.5 Å². The first-order chi connectivity index (χ1) is 15.2. The molecule has 0 amide bonds. The Balaban J connectivity index is 4.99. The van der Waals surface area contributed by atoms with Crippen molar-refractivity contribution in [1.82, 2.24) is 0 Å². The largest absolute Gasteiger partial charge is 0.352 e. The van der Waals surface area contributed by atoms with Gasteiger partial charge in [0.15, 0.2) is 9.03 Å². The second-order valence-electron chi connectivity index (χ2n) is 9.78. The van der Waals surface area contributed by atoms with Gasteiger partial charge >= 0.3 is 0 Å². The van der Waals surface area contributed by atoms with Gasteiger partial charge in [-0.05, 0) is 30.6 Å². The standard InChI is InChI=1S/C28H57O2P/c1-5-9-13-15-20-26(18-11-7-3)24-28(22-17-23-30-31-29)25-27(19-12-8-4)21-16-14-10-6-2/h17,22,26-29,31H,5-16,18-21,23-25H2,1-4H3. The van der Waals surface area contributed by atoms with Crippen molar-refractivity contribution < 1.29 is 9.42 Å². The molecule has 3 heteroatoms. The van der Waals surface area contributed by atoms with Crippen LogP contribution < -0.4 is 0 Å². The van der Waals surface area contributed by atoms with Crippen molar-refractivity contribution in [3.63, 3.8) is 0 Å². The number of hydrogen-bond acceptors (Lipinski definition) is 2. The average molecular weight is 457 g/mol. The molecule has 0 aromatic carbocycles. The Labute approximate surface area is 198 Å². The highest BCUT2D eigenvalue weighted by Gasteiger charge is 2.19. The van der Waals surface area contributed by atoms with Gasteiger partial charge in [-0.25, -0.2) is 0 Å². The number of unbranched alkanes of at least 4 members (excludes halogenated alkanes) is 8. The Morgan fingerprint density at radius 3 is 1.52 bits per heavy atom. The lowest BCUT2D eigenvalue weighted by Crippen LogP contribution is -2.13. The summed E-state index contributed by atoms with van der Waals surface area (Å²) in [7, 11) is -0.399. The lowest BCUT2D eigenvalue weighted by Gasteiger charge is -2.26. The highest BCUT2D eigenvalue weighted by molar-refractivity contribution is 7.24. The van der Waals surface area contributed by atoms with Crippen molar-refractivity contribution in [2.45, 2.75) is 143 Å². The average Bonchev–Trinajstić information content (AvgIpc) is 2.78. The van der Waals surface area contributed by atoms with Crippen molar-refractivity contribution in [1.29, 1.82) is 0 Å². The third kappa shape index (κ3) is 20.4. The molecule has 0 aromatic heterocycles. The summed E-state index contributed by atoms with van der Waals surface area (Å²) >= 11 is 0. The van der Waals surface area contributed by atoms with Crippen LogP contribution in [0.25, 0.3) is 0 Å². The van der Waals surface area contributed by atoms with Gasteiger partial charge in [-0.2, -0.15) is 0 Å². The maximum Gasteiger partial charge on any atom is 0.152 e. The molecule has 1 N–H and O–H groups in total. The molecule has 0 heterocycles. The highest BCUT2D eigenvalue weighted by Crippen LogP contribution is 2.32. The molecule has 0 aromatic rings. The molecule has 0 saturated carbocycles. The Morgan fingerprint density at radius 1 is 0.645 bits per heavy atom. The van der Waals surface area contributed by atoms with E-state index in [4.69, 9.17) is 9.42 Å². The molecule has 0 saturated heterocycles. The molecular weight excluding hydrogens is 399 g/mol. The highest BCUT2D eigenvalue weighted by atomic mass is 31.1. The summed E-state index contributed by atoms with van der Waals surface area (Å²) in [5, 5.41) is 0. The third-order valence-corrected chi connectivity index (χ3v) is 7.08. The molecule has 186 valence electrons. The van der Waals surface area contributed by atoms with Crippen LogP contribution in [-0.2, 0) is 4.52 Å². The van der Waals surface area contributed by atoms with E-state index >= 15 is 0 Å². The molecular formula is C28H57O2P. The number of allylic oxidation sites excluding steroid dienone is 1. The molecule has 2 nitrogen and oxygen atoms in total. The van der Waals surface area contributed by atoms with Gasteiger partial charge in [-0.1, -0.05) is 143 Å². The lowest BCUT2D eigenvalue weighted by atomic mass is 9.80. The van der Waals surface area contributed by atoms with E-state index in [1.54, 1.807) is 0 Å². The molecule has 3 atom stereocenters. The molecule has 0 radical (unpaired) electrons. The quantitative estimate of drug-likeness (QED) is 0.0889. The second kappa shape index (κ2) is 24.7. The van der Waals surface area contributed by atoms with E-state index in [-0.39, 0.29) is 0 Å². The van der Waals surface area contributed by atoms with Crippen LogP contribution in [0.1, 0.15) is 143 Å². The van der Waals surface area contributed by atoms with Gasteiger partial charge in [0.25, 0.3) is 0 Å². The van der Waals surface area contributed by atoms with E-state index in [0.717, 1.165) is 11.8 Å². The summed E-state index contributed by atoms with van der Waals surface area (Å²) in [6.07, 6.45) is 29.4. The van der Waals surface area contributed by atoms with Crippen LogP contribution in [0, 0.1) is 17.8 Å². The van der Waals surface area contributed by atoms with Crippen LogP contribution in [0.3, 0.4) is 0 Å². The van der Waals surface area contributed by atoms with Crippen molar-refractivity contribution in [3.05, 3.63) is 12.2 Å². The van der Waals surface area contributed by atoms with Crippen LogP contribution in [0.15, 0.2) is 12.2 Å². The Kier molecular flexibility index (Phi) is 24.8. The van der Waals surface area contributed by atoms with Crippen molar-refractivity contribution in [3.8, 4) is 0 Å². The zero-order valence-corrected chi connectivity index (χ0v) is 22.7. The van der Waals surface area contributed by atoms with Gasteiger partial charge < -0.3 is 9.42 Å². The number of hydrogen-bond donors (Lipinski definition) is 1. The Morgan fingerprint density at radius 2 is 1.10 bits per heavy atom. The summed E-state index contributed by atoms with van der Waals surface area (Å²) in [5.41, 5.74) is 0. The fourth-order valence-electron chi connectivity index (χ4n) is 4.91. The molecule has 0 aliphatic rings. The van der Waals surface area contributed by atoms with Crippen LogP contribution in [0.5, 0.6) is 0 Å². The zero-order valence-electron chi connectivity index (χ0n) is 21.7. The van der Waals surface area contributed by atoms with E-state index in [2.05, 4.69) is 39.8 Å². The van der Waals surface area contributed by atoms with E-state index in [1.807, 2.05) is 0 Å². The van der Waals surface area contributed by atoms with E-state index in [1.165, 1.54) is 116 Å². The summed E-state index contributed by atoms with van der Waals surface area (Å²) in [6, 6.07) is 0. The topological polar surface area (TPSA) is 29.5 Å². The van der Waals surface area contributed by atoms with E-state index < -0.39 is 9.03 Å². The third-order valence-electron chi connectivity index (χ3n) is 6.79. The maximum atomic E-state index is 8.97. The van der Waals surface area contributed by atoms with Crippen molar-refractivity contribution in [2.75, 3.05) is 6.61 Å². The van der Waals surface area contributed by atoms with Crippen molar-refractivity contribution >= 4 is 9.03 Å². The molecule has 0 rings (SSSR count). The Bertz CT molecular complexity index is 346. The fraction of sp³-hybridized carbons (Fsp3) is 0.929. The van der Waals surface area contributed by atoms with Gasteiger partial charge in [0.2, 0.25) is 0 Å². The van der Waals surface area contributed by atoms with Crippen LogP contribution in [0.4, 0.5) is 0 Å². The molecule has 3 unspecified atom stereocenters. The first-order valence-corrected chi connectivity index (χ1v) is 14.7. The van der Waals surface area contributed by atoms with Crippen LogP contribution in [0.2, 0.25) is 0 Å². The van der Waals surface area contributed by atoms with Crippen LogP contribution in [-0.4, -0.2) is 11.5 Å². The summed E-state index contributed by atoms with van der Waals surface area (Å²) in [5.74, 6) is 2.42. The van der Waals surface area contributed by atoms with Gasteiger partial charge in [-0.15, -0.1) is 0 Å². The van der Waals surface area contributed by atoms with Gasteiger partial charge in [0.1, 0.15) is 0 Å². The van der Waals surface area contributed by atoms with Gasteiger partial charge in [0.05, 0.1) is 6.61 Å². The number of rotatable bonds is 24. The first-order valence-electron chi connectivity index (χ1n) is 13.9. The van der Waals surface area contributed by atoms with Crippen LogP contribution >= 0.6 is 9.03 Å². The van der Waals surface area contributed by atoms with Crippen molar-refractivity contribution in [2.24, 2.45) is 17.8 Å². The van der Waals surface area contributed by atoms with Gasteiger partial charge in [-0.3, -0.25) is 0 Å². The molecule has 0 bridgehead atoms. The molecule has 31 heavy (non-hydrogen) atoms. The SMILES string of the molecule is CCCCCCC(CCCC)CC(C=CCOPO)CC(CCCC)CCCCCC. The van der Waals surface area contributed by atoms with E-state index in [9.17, 15) is 0 Å². The molecule has 0 aliphatic heterocycles. The summed E-state index contributed by atoms with van der Waals surface area (Å²) in [6.45, 7) is 9.83. The first kappa shape index (κ1) is 31.1. The van der Waals surface area contributed by atoms with Gasteiger partial charge in [0, 0.05) is 0 Å². The molecule has 0 spiro atoms. The zero-order chi connectivity index (χ0) is 23.0. The second-order valence-corrected chi connectivity index (χ2v) is 10.2. The molecule has 0 fully saturated rings. The fourth-order valence-corrected chi connectivity index (χ4v) is 5.08.